The van der Waals surface area contributed by atoms with Crippen molar-refractivity contribution in [1.82, 2.24) is 10.3 Å². The third-order valence-electron chi connectivity index (χ3n) is 2.93. The average molecular weight is 404 g/mol. The first-order valence-electron chi connectivity index (χ1n) is 6.98. The monoisotopic (exact) mass is 403 g/mol. The van der Waals surface area contributed by atoms with Crippen LogP contribution in [0.3, 0.4) is 0 Å². The molecule has 0 saturated carbocycles. The van der Waals surface area contributed by atoms with Crippen molar-refractivity contribution < 1.29 is 13.2 Å². The van der Waals surface area contributed by atoms with E-state index in [0.717, 1.165) is 0 Å². The van der Waals surface area contributed by atoms with Crippen LogP contribution >= 0.6 is 23.2 Å². The van der Waals surface area contributed by atoms with E-state index in [9.17, 15) is 13.2 Å². The molecule has 1 aromatic heterocycles. The van der Waals surface area contributed by atoms with Gasteiger partial charge in [0.25, 0.3) is 0 Å². The lowest BCUT2D eigenvalue weighted by Gasteiger charge is -2.10. The average Bonchev–Trinajstić information content (AvgIpc) is 2.52. The van der Waals surface area contributed by atoms with E-state index in [0.29, 0.717) is 28.1 Å². The number of hydrogen-bond acceptors (Lipinski definition) is 5. The van der Waals surface area contributed by atoms with E-state index in [1.807, 2.05) is 0 Å². The maximum atomic E-state index is 11.8. The van der Waals surface area contributed by atoms with Gasteiger partial charge in [0.1, 0.15) is 5.82 Å². The zero-order chi connectivity index (χ0) is 18.4. The fraction of sp³-hybridized carbons (Fsp3) is 0.143. The van der Waals surface area contributed by atoms with Crippen molar-refractivity contribution in [2.45, 2.75) is 4.90 Å². The lowest BCUT2D eigenvalue weighted by atomic mass is 10.3. The maximum absolute atomic E-state index is 11.8. The normalized spacial score (nSPS) is 11.0. The number of halogens is 2. The van der Waals surface area contributed by atoms with Gasteiger partial charge < -0.3 is 16.0 Å². The van der Waals surface area contributed by atoms with Crippen molar-refractivity contribution in [2.75, 3.05) is 23.7 Å². The molecule has 25 heavy (non-hydrogen) atoms. The van der Waals surface area contributed by atoms with E-state index in [2.05, 4.69) is 20.9 Å². The molecule has 0 spiro atoms. The van der Waals surface area contributed by atoms with Gasteiger partial charge >= 0.3 is 6.03 Å². The van der Waals surface area contributed by atoms with Crippen LogP contribution in [0.1, 0.15) is 0 Å². The molecule has 0 atom stereocenters. The van der Waals surface area contributed by atoms with E-state index >= 15 is 0 Å². The summed E-state index contributed by atoms with van der Waals surface area (Å²) in [6, 6.07) is 6.69. The number of sulfonamides is 1. The summed E-state index contributed by atoms with van der Waals surface area (Å²) in [7, 11) is -3.83. The Kier molecular flexibility index (Phi) is 6.43. The van der Waals surface area contributed by atoms with Crippen LogP contribution in [-0.4, -0.2) is 32.5 Å². The van der Waals surface area contributed by atoms with Gasteiger partial charge in [-0.1, -0.05) is 29.3 Å². The molecule has 11 heteroatoms. The molecule has 5 N–H and O–H groups in total. The molecule has 0 aliphatic heterocycles. The highest BCUT2D eigenvalue weighted by atomic mass is 35.5. The van der Waals surface area contributed by atoms with Crippen molar-refractivity contribution >= 4 is 50.8 Å². The van der Waals surface area contributed by atoms with Gasteiger partial charge in [-0.05, 0) is 24.3 Å². The van der Waals surface area contributed by atoms with E-state index in [-0.39, 0.29) is 11.4 Å². The van der Waals surface area contributed by atoms with Crippen LogP contribution in [0.2, 0.25) is 10.0 Å². The number of pyridine rings is 1. The second kappa shape index (κ2) is 8.34. The number of nitrogens with two attached hydrogens (primary N) is 1. The highest BCUT2D eigenvalue weighted by molar-refractivity contribution is 7.89. The Morgan fingerprint density at radius 1 is 1.20 bits per heavy atom. The molecular formula is C14H15Cl2N5O3S. The van der Waals surface area contributed by atoms with Crippen LogP contribution in [0.25, 0.3) is 0 Å². The van der Waals surface area contributed by atoms with Gasteiger partial charge in [-0.3, -0.25) is 0 Å². The molecule has 0 bridgehead atoms. The Morgan fingerprint density at radius 2 is 1.96 bits per heavy atom. The fourth-order valence-corrected chi connectivity index (χ4v) is 2.83. The molecule has 2 rings (SSSR count). The van der Waals surface area contributed by atoms with Gasteiger partial charge in [0, 0.05) is 25.0 Å². The van der Waals surface area contributed by atoms with Gasteiger partial charge in [0.2, 0.25) is 10.0 Å². The second-order valence-electron chi connectivity index (χ2n) is 4.86. The van der Waals surface area contributed by atoms with Crippen LogP contribution < -0.4 is 21.1 Å². The lowest BCUT2D eigenvalue weighted by Crippen LogP contribution is -2.32. The zero-order valence-electron chi connectivity index (χ0n) is 12.8. The third kappa shape index (κ3) is 6.05. The molecule has 1 heterocycles. The predicted molar refractivity (Wildman–Crippen MR) is 97.6 cm³/mol. The zero-order valence-corrected chi connectivity index (χ0v) is 15.1. The summed E-state index contributed by atoms with van der Waals surface area (Å²) in [5, 5.41) is 13.9. The number of urea groups is 1. The van der Waals surface area contributed by atoms with Crippen LogP contribution in [0.15, 0.2) is 41.4 Å². The lowest BCUT2D eigenvalue weighted by molar-refractivity contribution is 0.252. The number of primary sulfonamides is 1. The molecule has 134 valence electrons. The van der Waals surface area contributed by atoms with Crippen molar-refractivity contribution in [3.05, 3.63) is 46.6 Å². The van der Waals surface area contributed by atoms with Crippen molar-refractivity contribution in [1.29, 1.82) is 0 Å². The van der Waals surface area contributed by atoms with Crippen LogP contribution in [-0.2, 0) is 10.0 Å². The van der Waals surface area contributed by atoms with Crippen LogP contribution in [0, 0.1) is 0 Å². The Labute approximate surface area is 154 Å². The number of anilines is 2. The van der Waals surface area contributed by atoms with Crippen molar-refractivity contribution in [3.8, 4) is 0 Å². The summed E-state index contributed by atoms with van der Waals surface area (Å²) in [5.41, 5.74) is 0.305. The highest BCUT2D eigenvalue weighted by Crippen LogP contribution is 2.22. The van der Waals surface area contributed by atoms with Gasteiger partial charge in [-0.25, -0.2) is 23.3 Å². The van der Waals surface area contributed by atoms with Crippen LogP contribution in [0.4, 0.5) is 16.3 Å². The van der Waals surface area contributed by atoms with Crippen molar-refractivity contribution in [2.24, 2.45) is 5.14 Å². The van der Waals surface area contributed by atoms with E-state index < -0.39 is 16.1 Å². The SMILES string of the molecule is NS(=O)(=O)c1cccc(NC(=O)NCCNc2ncc(Cl)cc2Cl)c1. The minimum absolute atomic E-state index is 0.0876. The topological polar surface area (TPSA) is 126 Å². The maximum Gasteiger partial charge on any atom is 0.319 e. The number of hydrogen-bond donors (Lipinski definition) is 4. The van der Waals surface area contributed by atoms with E-state index in [4.69, 9.17) is 28.3 Å². The second-order valence-corrected chi connectivity index (χ2v) is 7.27. The first kappa shape index (κ1) is 19.3. The molecule has 0 unspecified atom stereocenters. The smallest absolute Gasteiger partial charge is 0.319 e. The first-order chi connectivity index (χ1) is 11.8. The largest absolute Gasteiger partial charge is 0.367 e. The number of carbonyl (C=O) groups excluding carboxylic acids is 1. The van der Waals surface area contributed by atoms with E-state index in [1.54, 1.807) is 12.1 Å². The molecule has 8 nitrogen and oxygen atoms in total. The number of rotatable bonds is 6. The molecule has 1 aromatic carbocycles. The number of carbonyl (C=O) groups is 1. The Morgan fingerprint density at radius 3 is 2.64 bits per heavy atom. The standard InChI is InChI=1S/C14H15Cl2N5O3S/c15-9-6-12(16)13(20-8-9)18-4-5-19-14(22)21-10-2-1-3-11(7-10)25(17,23)24/h1-3,6-8H,4-5H2,(H,18,20)(H2,17,23,24)(H2,19,21,22). The number of amides is 2. The van der Waals surface area contributed by atoms with Gasteiger partial charge in [-0.2, -0.15) is 0 Å². The molecule has 0 radical (unpaired) electrons. The summed E-state index contributed by atoms with van der Waals surface area (Å²) >= 11 is 11.7. The summed E-state index contributed by atoms with van der Waals surface area (Å²) in [4.78, 5) is 15.7. The highest BCUT2D eigenvalue weighted by Gasteiger charge is 2.09. The van der Waals surface area contributed by atoms with Crippen molar-refractivity contribution in [3.63, 3.8) is 0 Å². The number of aromatic nitrogens is 1. The quantitative estimate of drug-likeness (QED) is 0.550. The third-order valence-corrected chi connectivity index (χ3v) is 4.34. The summed E-state index contributed by atoms with van der Waals surface area (Å²) in [6.45, 7) is 0.653. The summed E-state index contributed by atoms with van der Waals surface area (Å²) in [6.07, 6.45) is 1.45. The Hall–Kier alpha value is -2.07. The molecular weight excluding hydrogens is 389 g/mol. The number of benzene rings is 1. The number of nitrogens with one attached hydrogen (secondary N) is 3. The fourth-order valence-electron chi connectivity index (χ4n) is 1.83. The molecule has 0 fully saturated rings. The number of nitrogens with zero attached hydrogens (tertiary/aromatic N) is 1. The van der Waals surface area contributed by atoms with Gasteiger partial charge in [-0.15, -0.1) is 0 Å². The molecule has 0 saturated heterocycles. The molecule has 0 aliphatic rings. The van der Waals surface area contributed by atoms with Gasteiger partial charge in [0.05, 0.1) is 14.9 Å². The summed E-state index contributed by atoms with van der Waals surface area (Å²) < 4.78 is 22.6. The summed E-state index contributed by atoms with van der Waals surface area (Å²) in [5.74, 6) is 0.453. The minimum Gasteiger partial charge on any atom is -0.367 e. The molecule has 0 aliphatic carbocycles. The first-order valence-corrected chi connectivity index (χ1v) is 9.28. The Bertz CT molecular complexity index is 877. The molecule has 2 aromatic rings. The predicted octanol–water partition coefficient (Wildman–Crippen LogP) is 2.27. The Balaban J connectivity index is 1.81. The van der Waals surface area contributed by atoms with E-state index in [1.165, 1.54) is 24.4 Å². The van der Waals surface area contributed by atoms with Gasteiger partial charge in [0.15, 0.2) is 0 Å². The minimum atomic E-state index is -3.83. The van der Waals surface area contributed by atoms with Crippen LogP contribution in [0.5, 0.6) is 0 Å². The molecule has 2 amide bonds.